The highest BCUT2D eigenvalue weighted by atomic mass is 16.6. The Morgan fingerprint density at radius 3 is 0.843 bits per heavy atom. The molecule has 0 rings (SSSR count). The van der Waals surface area contributed by atoms with Gasteiger partial charge in [-0.15, -0.1) is 0 Å². The minimum absolute atomic E-state index is 0.144. The monoisotopic (exact) mass is 1140 g/mol. The first-order valence-electron chi connectivity index (χ1n) is 32.9. The van der Waals surface area contributed by atoms with Crippen molar-refractivity contribution in [3.8, 4) is 0 Å². The van der Waals surface area contributed by atoms with Crippen LogP contribution in [0.5, 0.6) is 0 Å². The average Bonchev–Trinajstić information content (AvgIpc) is 3.49. The zero-order valence-electron chi connectivity index (χ0n) is 52.9. The highest BCUT2D eigenvalue weighted by Crippen LogP contribution is 2.13. The standard InChI is InChI=1S/C77H118O6/c1-4-7-10-13-16-19-22-25-27-29-31-33-35-36-37-38-39-40-42-43-45-47-49-52-55-58-61-64-67-70-76(79)82-73-74(72-81-75(78)69-66-63-60-57-54-51-24-21-18-15-12-9-6-3)83-77(80)71-68-65-62-59-56-53-50-48-46-44-41-34-32-30-28-26-23-20-17-14-11-8-5-2/h7,9-10,12,16,18-19,21,23,25-27,30-33,36-37,39-41,43-45,49,51-52,54,58,60-61,63,74H,4-6,8,11,13-15,17,20,22,24,28-29,34-35,38,42,46-48,50,53,55-57,59,62,64-73H2,1-3H3/b10-7-,12-9-,19-16-,21-18-,26-23-,27-25-,32-30-,33-31-,37-36-,40-39-,44-41-,45-43-,52-49-,54-51-,61-58-,63-60-. The Bertz CT molecular complexity index is 1990. The van der Waals surface area contributed by atoms with Gasteiger partial charge in [-0.2, -0.15) is 0 Å². The van der Waals surface area contributed by atoms with Crippen LogP contribution in [0.25, 0.3) is 0 Å². The van der Waals surface area contributed by atoms with Crippen molar-refractivity contribution in [2.24, 2.45) is 0 Å². The molecule has 0 aliphatic carbocycles. The van der Waals surface area contributed by atoms with Gasteiger partial charge in [-0.1, -0.05) is 279 Å². The SMILES string of the molecule is CC/C=C\C/C=C\C/C=C\C/C=C\C/C=C\C/C=C\C/C=C\C/C=C\C/C=C\CCCC(=O)OCC(COC(=O)CC/C=C\C/C=C\C/C=C\C/C=C\CC)OC(=O)CCCCCCCCCC/C=C\C/C=C\C/C=C\CCCCCCC. The smallest absolute Gasteiger partial charge is 0.306 e. The van der Waals surface area contributed by atoms with Gasteiger partial charge in [0, 0.05) is 19.3 Å². The third-order valence-corrected chi connectivity index (χ3v) is 13.1. The van der Waals surface area contributed by atoms with Gasteiger partial charge in [0.1, 0.15) is 13.2 Å². The lowest BCUT2D eigenvalue weighted by molar-refractivity contribution is -0.166. The molecule has 0 bridgehead atoms. The summed E-state index contributed by atoms with van der Waals surface area (Å²) < 4.78 is 16.8. The first-order chi connectivity index (χ1) is 41.0. The van der Waals surface area contributed by atoms with Crippen molar-refractivity contribution in [2.45, 2.75) is 258 Å². The number of hydrogen-bond acceptors (Lipinski definition) is 6. The summed E-state index contributed by atoms with van der Waals surface area (Å²) in [5.74, 6) is -1.10. The lowest BCUT2D eigenvalue weighted by Crippen LogP contribution is -2.30. The topological polar surface area (TPSA) is 78.9 Å². The molecule has 0 N–H and O–H groups in total. The quantitative estimate of drug-likeness (QED) is 0.0261. The molecule has 0 aliphatic heterocycles. The van der Waals surface area contributed by atoms with E-state index in [-0.39, 0.29) is 50.4 Å². The number of rotatable bonds is 57. The van der Waals surface area contributed by atoms with E-state index in [0.717, 1.165) is 135 Å². The molecule has 83 heavy (non-hydrogen) atoms. The molecule has 0 radical (unpaired) electrons. The summed E-state index contributed by atoms with van der Waals surface area (Å²) in [5.41, 5.74) is 0. The Morgan fingerprint density at radius 1 is 0.253 bits per heavy atom. The Labute approximate surface area is 509 Å². The molecule has 0 fully saturated rings. The fraction of sp³-hybridized carbons (Fsp3) is 0.545. The maximum atomic E-state index is 12.9. The number of carbonyl (C=O) groups is 3. The van der Waals surface area contributed by atoms with Crippen LogP contribution >= 0.6 is 0 Å². The van der Waals surface area contributed by atoms with E-state index in [1.54, 1.807) is 0 Å². The Kier molecular flexibility index (Phi) is 64.0. The summed E-state index contributed by atoms with van der Waals surface area (Å²) in [7, 11) is 0. The van der Waals surface area contributed by atoms with Crippen LogP contribution in [-0.4, -0.2) is 37.2 Å². The fourth-order valence-electron chi connectivity index (χ4n) is 8.23. The zero-order chi connectivity index (χ0) is 59.9. The summed E-state index contributed by atoms with van der Waals surface area (Å²) >= 11 is 0. The summed E-state index contributed by atoms with van der Waals surface area (Å²) in [6, 6.07) is 0. The van der Waals surface area contributed by atoms with Gasteiger partial charge < -0.3 is 14.2 Å². The number of allylic oxidation sites excluding steroid dienone is 32. The van der Waals surface area contributed by atoms with Crippen molar-refractivity contribution in [1.82, 2.24) is 0 Å². The van der Waals surface area contributed by atoms with Crippen LogP contribution in [0.1, 0.15) is 252 Å². The van der Waals surface area contributed by atoms with Gasteiger partial charge in [0.15, 0.2) is 6.10 Å². The molecule has 462 valence electrons. The van der Waals surface area contributed by atoms with Crippen LogP contribution < -0.4 is 0 Å². The molecule has 1 unspecified atom stereocenters. The second-order valence-electron chi connectivity index (χ2n) is 20.9. The predicted octanol–water partition coefficient (Wildman–Crippen LogP) is 23.0. The van der Waals surface area contributed by atoms with Crippen molar-refractivity contribution in [3.63, 3.8) is 0 Å². The summed E-state index contributed by atoms with van der Waals surface area (Å²) in [6.45, 7) is 6.27. The van der Waals surface area contributed by atoms with Gasteiger partial charge in [-0.05, 0) is 148 Å². The fourth-order valence-corrected chi connectivity index (χ4v) is 8.23. The molecule has 1 atom stereocenters. The Hall–Kier alpha value is -5.75. The van der Waals surface area contributed by atoms with Gasteiger partial charge in [0.05, 0.1) is 0 Å². The first-order valence-corrected chi connectivity index (χ1v) is 32.9. The van der Waals surface area contributed by atoms with E-state index in [1.165, 1.54) is 64.2 Å². The van der Waals surface area contributed by atoms with Gasteiger partial charge in [-0.3, -0.25) is 14.4 Å². The molecular formula is C77H118O6. The van der Waals surface area contributed by atoms with E-state index in [0.29, 0.717) is 12.8 Å². The average molecular weight is 1140 g/mol. The van der Waals surface area contributed by atoms with Crippen molar-refractivity contribution in [3.05, 3.63) is 194 Å². The minimum atomic E-state index is -0.848. The number of hydrogen-bond donors (Lipinski definition) is 0. The lowest BCUT2D eigenvalue weighted by Gasteiger charge is -2.18. The largest absolute Gasteiger partial charge is 0.462 e. The van der Waals surface area contributed by atoms with Crippen LogP contribution in [0.3, 0.4) is 0 Å². The van der Waals surface area contributed by atoms with E-state index >= 15 is 0 Å². The third-order valence-electron chi connectivity index (χ3n) is 13.1. The maximum absolute atomic E-state index is 12.9. The molecule has 0 saturated carbocycles. The minimum Gasteiger partial charge on any atom is -0.462 e. The van der Waals surface area contributed by atoms with Crippen LogP contribution in [0.15, 0.2) is 194 Å². The molecule has 0 spiro atoms. The summed E-state index contributed by atoms with van der Waals surface area (Å²) in [4.78, 5) is 38.3. The second-order valence-corrected chi connectivity index (χ2v) is 20.9. The van der Waals surface area contributed by atoms with Gasteiger partial charge in [-0.25, -0.2) is 0 Å². The van der Waals surface area contributed by atoms with Crippen LogP contribution in [0, 0.1) is 0 Å². The molecule has 6 heteroatoms. The molecular weight excluding hydrogens is 1020 g/mol. The Morgan fingerprint density at radius 2 is 0.506 bits per heavy atom. The molecule has 0 aromatic carbocycles. The molecule has 0 aromatic heterocycles. The van der Waals surface area contributed by atoms with Crippen LogP contribution in [-0.2, 0) is 28.6 Å². The van der Waals surface area contributed by atoms with Crippen molar-refractivity contribution in [1.29, 1.82) is 0 Å². The van der Waals surface area contributed by atoms with E-state index in [1.807, 2.05) is 12.2 Å². The molecule has 0 aliphatic rings. The van der Waals surface area contributed by atoms with E-state index in [2.05, 4.69) is 203 Å². The van der Waals surface area contributed by atoms with Gasteiger partial charge in [0.2, 0.25) is 0 Å². The lowest BCUT2D eigenvalue weighted by atomic mass is 10.1. The molecule has 0 saturated heterocycles. The van der Waals surface area contributed by atoms with Gasteiger partial charge in [0.25, 0.3) is 0 Å². The van der Waals surface area contributed by atoms with Crippen molar-refractivity contribution in [2.75, 3.05) is 13.2 Å². The number of carbonyl (C=O) groups excluding carboxylic acids is 3. The summed E-state index contributed by atoms with van der Waals surface area (Å²) in [5, 5.41) is 0. The van der Waals surface area contributed by atoms with Crippen molar-refractivity contribution >= 4 is 17.9 Å². The predicted molar refractivity (Wildman–Crippen MR) is 361 cm³/mol. The van der Waals surface area contributed by atoms with Crippen LogP contribution in [0.4, 0.5) is 0 Å². The van der Waals surface area contributed by atoms with Crippen LogP contribution in [0.2, 0.25) is 0 Å². The van der Waals surface area contributed by atoms with E-state index < -0.39 is 6.10 Å². The molecule has 6 nitrogen and oxygen atoms in total. The van der Waals surface area contributed by atoms with E-state index in [9.17, 15) is 14.4 Å². The normalized spacial score (nSPS) is 13.4. The third kappa shape index (κ3) is 66.9. The number of ether oxygens (including phenoxy) is 3. The number of esters is 3. The summed E-state index contributed by atoms with van der Waals surface area (Å²) in [6.07, 6.45) is 105. The first kappa shape index (κ1) is 77.2. The highest BCUT2D eigenvalue weighted by Gasteiger charge is 2.19. The molecule has 0 amide bonds. The zero-order valence-corrected chi connectivity index (χ0v) is 52.9. The second kappa shape index (κ2) is 68.7. The van der Waals surface area contributed by atoms with Gasteiger partial charge >= 0.3 is 17.9 Å². The Balaban J connectivity index is 4.52. The van der Waals surface area contributed by atoms with E-state index in [4.69, 9.17) is 14.2 Å². The molecule has 0 heterocycles. The maximum Gasteiger partial charge on any atom is 0.306 e. The highest BCUT2D eigenvalue weighted by molar-refractivity contribution is 5.71. The van der Waals surface area contributed by atoms with Crippen molar-refractivity contribution < 1.29 is 28.6 Å². The molecule has 0 aromatic rings. The number of unbranched alkanes of at least 4 members (excludes halogenated alkanes) is 14.